The molecule has 2 aromatic carbocycles. The lowest BCUT2D eigenvalue weighted by Crippen LogP contribution is -2.30. The van der Waals surface area contributed by atoms with Crippen LogP contribution in [-0.2, 0) is 5.75 Å². The van der Waals surface area contributed by atoms with Gasteiger partial charge in [-0.3, -0.25) is 4.79 Å². The highest BCUT2D eigenvalue weighted by Crippen LogP contribution is 2.24. The molecule has 176 valence electrons. The second-order valence-electron chi connectivity index (χ2n) is 8.47. The molecule has 1 amide bonds. The van der Waals surface area contributed by atoms with Crippen LogP contribution in [0.2, 0.25) is 0 Å². The number of nitrogens with zero attached hydrogens (tertiary/aromatic N) is 5. The van der Waals surface area contributed by atoms with Crippen LogP contribution >= 0.6 is 11.8 Å². The summed E-state index contributed by atoms with van der Waals surface area (Å²) in [6.45, 7) is 11.4. The summed E-state index contributed by atoms with van der Waals surface area (Å²) in [6.07, 6.45) is 0. The van der Waals surface area contributed by atoms with Crippen molar-refractivity contribution in [2.45, 2.75) is 51.6 Å². The topological polar surface area (TPSA) is 75.4 Å². The first-order chi connectivity index (χ1) is 16.4. The lowest BCUT2D eigenvalue weighted by Gasteiger charge is -2.27. The van der Waals surface area contributed by atoms with Gasteiger partial charge >= 0.3 is 0 Å². The fourth-order valence-electron chi connectivity index (χ4n) is 4.00. The van der Waals surface area contributed by atoms with Crippen molar-refractivity contribution in [1.82, 2.24) is 19.6 Å². The van der Waals surface area contributed by atoms with Gasteiger partial charge in [-0.05, 0) is 76.6 Å². The zero-order valence-corrected chi connectivity index (χ0v) is 21.1. The number of anilines is 2. The van der Waals surface area contributed by atoms with Gasteiger partial charge in [0.1, 0.15) is 0 Å². The second-order valence-corrected chi connectivity index (χ2v) is 9.41. The summed E-state index contributed by atoms with van der Waals surface area (Å²) in [5.41, 5.74) is 5.39. The molecule has 0 spiro atoms. The molecule has 0 fully saturated rings. The first-order valence-corrected chi connectivity index (χ1v) is 12.4. The molecular weight excluding hydrogens is 444 g/mol. The molecule has 8 heteroatoms. The highest BCUT2D eigenvalue weighted by atomic mass is 32.2. The van der Waals surface area contributed by atoms with Crippen molar-refractivity contribution < 1.29 is 4.79 Å². The summed E-state index contributed by atoms with van der Waals surface area (Å²) in [5, 5.41) is 8.22. The fraction of sp³-hybridized carbons (Fsp3) is 0.308. The van der Waals surface area contributed by atoms with Crippen LogP contribution in [0, 0.1) is 13.8 Å². The second kappa shape index (κ2) is 10.3. The Labute approximate surface area is 204 Å². The monoisotopic (exact) mass is 474 g/mol. The molecule has 34 heavy (non-hydrogen) atoms. The molecule has 4 rings (SSSR count). The van der Waals surface area contributed by atoms with Gasteiger partial charge in [-0.25, -0.2) is 9.50 Å². The molecular formula is C26H30N6OS. The van der Waals surface area contributed by atoms with Crippen molar-refractivity contribution in [1.29, 1.82) is 0 Å². The Hall–Kier alpha value is -3.39. The van der Waals surface area contributed by atoms with Gasteiger partial charge in [-0.1, -0.05) is 30.0 Å². The van der Waals surface area contributed by atoms with Gasteiger partial charge in [-0.2, -0.15) is 4.98 Å². The number of nitrogens with one attached hydrogen (secondary N) is 1. The number of carbonyl (C=O) groups is 1. The third-order valence-corrected chi connectivity index (χ3v) is 6.52. The summed E-state index contributed by atoms with van der Waals surface area (Å²) < 4.78 is 1.75. The van der Waals surface area contributed by atoms with E-state index >= 15 is 0 Å². The smallest absolute Gasteiger partial charge is 0.255 e. The average molecular weight is 475 g/mol. The van der Waals surface area contributed by atoms with Crippen LogP contribution in [0.25, 0.3) is 5.78 Å². The van der Waals surface area contributed by atoms with Crippen molar-refractivity contribution in [3.8, 4) is 0 Å². The molecule has 0 aliphatic carbocycles. The number of rotatable bonds is 8. The Morgan fingerprint density at radius 2 is 1.82 bits per heavy atom. The number of hydrogen-bond donors (Lipinski definition) is 1. The van der Waals surface area contributed by atoms with E-state index in [2.05, 4.69) is 46.1 Å². The normalized spacial score (nSPS) is 11.2. The molecule has 0 aliphatic heterocycles. The highest BCUT2D eigenvalue weighted by Gasteiger charge is 2.14. The summed E-state index contributed by atoms with van der Waals surface area (Å²) in [7, 11) is 0. The minimum Gasteiger partial charge on any atom is -0.369 e. The first kappa shape index (κ1) is 23.8. The molecule has 0 saturated carbocycles. The maximum Gasteiger partial charge on any atom is 0.255 e. The number of benzene rings is 2. The summed E-state index contributed by atoms with van der Waals surface area (Å²) in [4.78, 5) is 24.4. The van der Waals surface area contributed by atoms with Crippen LogP contribution < -0.4 is 10.2 Å². The van der Waals surface area contributed by atoms with Gasteiger partial charge in [-0.15, -0.1) is 5.10 Å². The van der Waals surface area contributed by atoms with Gasteiger partial charge in [0.2, 0.25) is 5.16 Å². The number of fused-ring (bicyclic) bond motifs is 1. The molecule has 7 nitrogen and oxygen atoms in total. The Morgan fingerprint density at radius 3 is 2.53 bits per heavy atom. The molecule has 0 atom stereocenters. The molecule has 0 aliphatic rings. The minimum atomic E-state index is -0.128. The number of thioether (sulfide) groups is 1. The van der Waals surface area contributed by atoms with Gasteiger partial charge < -0.3 is 10.2 Å². The minimum absolute atomic E-state index is 0.128. The van der Waals surface area contributed by atoms with E-state index in [9.17, 15) is 4.79 Å². The quantitative estimate of drug-likeness (QED) is 0.339. The molecule has 0 bridgehead atoms. The van der Waals surface area contributed by atoms with Crippen molar-refractivity contribution in [3.05, 3.63) is 77.1 Å². The van der Waals surface area contributed by atoms with E-state index in [-0.39, 0.29) is 5.91 Å². The van der Waals surface area contributed by atoms with Crippen LogP contribution in [0.5, 0.6) is 0 Å². The Balaban J connectivity index is 1.47. The summed E-state index contributed by atoms with van der Waals surface area (Å²) in [6, 6.07) is 18.0. The number of aryl methyl sites for hydroxylation is 2. The van der Waals surface area contributed by atoms with E-state index in [0.717, 1.165) is 34.9 Å². The van der Waals surface area contributed by atoms with Crippen molar-refractivity contribution >= 4 is 34.8 Å². The molecule has 0 unspecified atom stereocenters. The van der Waals surface area contributed by atoms with E-state index in [1.54, 1.807) is 4.52 Å². The van der Waals surface area contributed by atoms with Gasteiger partial charge in [0, 0.05) is 46.7 Å². The van der Waals surface area contributed by atoms with Crippen LogP contribution in [0.4, 0.5) is 11.4 Å². The van der Waals surface area contributed by atoms with E-state index in [1.165, 1.54) is 11.8 Å². The van der Waals surface area contributed by atoms with Crippen LogP contribution in [0.3, 0.4) is 0 Å². The molecule has 4 aromatic rings. The van der Waals surface area contributed by atoms with E-state index in [0.29, 0.717) is 28.3 Å². The van der Waals surface area contributed by atoms with Gasteiger partial charge in [0.15, 0.2) is 0 Å². The largest absolute Gasteiger partial charge is 0.369 e. The van der Waals surface area contributed by atoms with Gasteiger partial charge in [0.05, 0.1) is 0 Å². The maximum atomic E-state index is 13.1. The standard InChI is InChI=1S/C26H30N6OS/c1-6-31(17(2)3)22-13-11-21(12-14-22)28-24(33)23-10-8-7-9-20(23)16-34-26-29-25-27-18(4)15-19(5)32(25)30-26/h7-15,17H,6,16H2,1-5H3,(H,28,33). The number of aromatic nitrogens is 4. The number of hydrogen-bond acceptors (Lipinski definition) is 6. The summed E-state index contributed by atoms with van der Waals surface area (Å²) in [5.74, 6) is 1.04. The van der Waals surface area contributed by atoms with Crippen molar-refractivity contribution in [2.75, 3.05) is 16.8 Å². The Kier molecular flexibility index (Phi) is 7.17. The maximum absolute atomic E-state index is 13.1. The first-order valence-electron chi connectivity index (χ1n) is 11.5. The number of carbonyl (C=O) groups excluding carboxylic acids is 1. The SMILES string of the molecule is CCN(c1ccc(NC(=O)c2ccccc2CSc2nc3nc(C)cc(C)n3n2)cc1)C(C)C. The third kappa shape index (κ3) is 5.22. The van der Waals surface area contributed by atoms with E-state index < -0.39 is 0 Å². The van der Waals surface area contributed by atoms with Crippen molar-refractivity contribution in [2.24, 2.45) is 0 Å². The fourth-order valence-corrected chi connectivity index (χ4v) is 4.82. The molecule has 2 heterocycles. The van der Waals surface area contributed by atoms with E-state index in [4.69, 9.17) is 0 Å². The van der Waals surface area contributed by atoms with Crippen LogP contribution in [0.1, 0.15) is 48.1 Å². The average Bonchev–Trinajstić information content (AvgIpc) is 3.22. The summed E-state index contributed by atoms with van der Waals surface area (Å²) >= 11 is 1.49. The zero-order chi connectivity index (χ0) is 24.2. The van der Waals surface area contributed by atoms with Crippen LogP contribution in [-0.4, -0.2) is 38.1 Å². The number of amides is 1. The zero-order valence-electron chi connectivity index (χ0n) is 20.2. The lowest BCUT2D eigenvalue weighted by atomic mass is 10.1. The lowest BCUT2D eigenvalue weighted by molar-refractivity contribution is 0.102. The Morgan fingerprint density at radius 1 is 1.09 bits per heavy atom. The van der Waals surface area contributed by atoms with Gasteiger partial charge in [0.25, 0.3) is 11.7 Å². The molecule has 0 radical (unpaired) electrons. The van der Waals surface area contributed by atoms with E-state index in [1.807, 2.05) is 68.4 Å². The van der Waals surface area contributed by atoms with Crippen LogP contribution in [0.15, 0.2) is 59.8 Å². The third-order valence-electron chi connectivity index (χ3n) is 5.64. The highest BCUT2D eigenvalue weighted by molar-refractivity contribution is 7.98. The molecule has 2 aromatic heterocycles. The molecule has 1 N–H and O–H groups in total. The Bertz CT molecular complexity index is 1300. The predicted molar refractivity (Wildman–Crippen MR) is 139 cm³/mol. The predicted octanol–water partition coefficient (Wildman–Crippen LogP) is 5.52. The molecule has 0 saturated heterocycles. The van der Waals surface area contributed by atoms with Crippen molar-refractivity contribution in [3.63, 3.8) is 0 Å².